The number of aliphatic hydroxyl groups is 1. The number of unbranched alkanes of at least 4 members (excludes halogenated alkanes) is 9. The van der Waals surface area contributed by atoms with Crippen molar-refractivity contribution in [3.8, 4) is 5.75 Å². The monoisotopic (exact) mass is 646 g/mol. The number of carbonyl (C=O) groups is 5. The van der Waals surface area contributed by atoms with Crippen molar-refractivity contribution < 1.29 is 44.0 Å². The fraction of sp³-hybridized carbons (Fsp3) is 0.629. The molecule has 0 spiro atoms. The molecule has 0 aliphatic heterocycles. The van der Waals surface area contributed by atoms with Gasteiger partial charge in [0.05, 0.1) is 18.9 Å². The van der Waals surface area contributed by atoms with Gasteiger partial charge in [0.25, 0.3) is 0 Å². The summed E-state index contributed by atoms with van der Waals surface area (Å²) in [5.41, 5.74) is 2.90. The van der Waals surface area contributed by atoms with Crippen LogP contribution in [0.15, 0.2) is 36.4 Å². The number of amides is 2. The van der Waals surface area contributed by atoms with Gasteiger partial charge in [0.2, 0.25) is 11.8 Å². The first kappa shape index (κ1) is 40.3. The molecule has 258 valence electrons. The molecule has 11 nitrogen and oxygen atoms in total. The highest BCUT2D eigenvalue weighted by Gasteiger charge is 2.48. The fourth-order valence-electron chi connectivity index (χ4n) is 5.02. The molecule has 0 aliphatic rings. The summed E-state index contributed by atoms with van der Waals surface area (Å²) in [4.78, 5) is 61.2. The van der Waals surface area contributed by atoms with E-state index in [0.29, 0.717) is 43.6 Å². The molecule has 0 saturated heterocycles. The molecule has 0 aliphatic carbocycles. The number of carboxylic acid groups (broad SMARTS) is 2. The molecule has 3 atom stereocenters. The number of primary amides is 1. The van der Waals surface area contributed by atoms with Crippen LogP contribution in [0.5, 0.6) is 5.75 Å². The molecule has 0 aromatic heterocycles. The van der Waals surface area contributed by atoms with E-state index >= 15 is 0 Å². The number of hydrogen-bond acceptors (Lipinski definition) is 7. The summed E-state index contributed by atoms with van der Waals surface area (Å²) in [6, 6.07) is 5.29. The van der Waals surface area contributed by atoms with Crippen molar-refractivity contribution in [3.05, 3.63) is 42.0 Å². The molecule has 0 radical (unpaired) electrons. The van der Waals surface area contributed by atoms with Gasteiger partial charge in [-0.25, -0.2) is 9.59 Å². The zero-order valence-corrected chi connectivity index (χ0v) is 27.5. The molecule has 0 fully saturated rings. The number of allylic oxidation sites excluding steroid dienone is 1. The van der Waals surface area contributed by atoms with Crippen LogP contribution in [0.25, 0.3) is 0 Å². The smallest absolute Gasteiger partial charge is 0.337 e. The van der Waals surface area contributed by atoms with Crippen LogP contribution in [0.4, 0.5) is 0 Å². The van der Waals surface area contributed by atoms with Crippen molar-refractivity contribution >= 4 is 29.5 Å². The van der Waals surface area contributed by atoms with Crippen LogP contribution in [-0.2, 0) is 30.4 Å². The lowest BCUT2D eigenvalue weighted by Gasteiger charge is -2.29. The molecule has 0 unspecified atom stereocenters. The summed E-state index contributed by atoms with van der Waals surface area (Å²) in [7, 11) is 0. The molecule has 1 aromatic rings. The number of carboxylic acids is 2. The summed E-state index contributed by atoms with van der Waals surface area (Å²) < 4.78 is 5.62. The number of benzene rings is 1. The number of hydrogen-bond donors (Lipinski definition) is 5. The molecule has 0 bridgehead atoms. The predicted octanol–water partition coefficient (Wildman–Crippen LogP) is 5.11. The zero-order chi connectivity index (χ0) is 34.4. The highest BCUT2D eigenvalue weighted by Crippen LogP contribution is 2.25. The third kappa shape index (κ3) is 16.0. The summed E-state index contributed by atoms with van der Waals surface area (Å²) >= 11 is 0. The lowest BCUT2D eigenvalue weighted by Crippen LogP contribution is -2.56. The normalized spacial score (nSPS) is 13.9. The second kappa shape index (κ2) is 22.7. The first-order valence-corrected chi connectivity index (χ1v) is 16.6. The first-order valence-electron chi connectivity index (χ1n) is 16.6. The maximum Gasteiger partial charge on any atom is 0.337 e. The van der Waals surface area contributed by atoms with Crippen molar-refractivity contribution in [1.82, 2.24) is 5.32 Å². The van der Waals surface area contributed by atoms with E-state index in [-0.39, 0.29) is 12.2 Å². The summed E-state index contributed by atoms with van der Waals surface area (Å²) in [6.07, 6.45) is 13.7. The quantitative estimate of drug-likeness (QED) is 0.0638. The minimum Gasteiger partial charge on any atom is -0.494 e. The van der Waals surface area contributed by atoms with Gasteiger partial charge in [-0.1, -0.05) is 83.1 Å². The minimum absolute atomic E-state index is 0.116. The van der Waals surface area contributed by atoms with Gasteiger partial charge >= 0.3 is 11.9 Å². The van der Waals surface area contributed by atoms with E-state index in [4.69, 9.17) is 10.5 Å². The SMILES string of the molecule is CCCCCCCC(=O)CCCCCC/C=C/[C@H](C(=O)N[C@@H](Cc1ccc(OCCCC)cc1)C(=O)O)[C@@](O)(CC(N)=O)C(=O)O. The molecule has 11 heteroatoms. The average Bonchev–Trinajstić information content (AvgIpc) is 3.00. The number of carbonyl (C=O) groups excluding carboxylic acids is 3. The Balaban J connectivity index is 2.81. The zero-order valence-electron chi connectivity index (χ0n) is 27.5. The fourth-order valence-corrected chi connectivity index (χ4v) is 5.02. The molecule has 6 N–H and O–H groups in total. The molecular formula is C35H54N2O9. The number of rotatable bonds is 27. The Morgan fingerprint density at radius 1 is 0.870 bits per heavy atom. The lowest BCUT2D eigenvalue weighted by molar-refractivity contribution is -0.169. The van der Waals surface area contributed by atoms with Gasteiger partial charge in [-0.05, 0) is 49.8 Å². The van der Waals surface area contributed by atoms with Crippen LogP contribution in [0.2, 0.25) is 0 Å². The van der Waals surface area contributed by atoms with Crippen molar-refractivity contribution in [2.75, 3.05) is 6.61 Å². The van der Waals surface area contributed by atoms with Crippen LogP contribution in [0, 0.1) is 5.92 Å². The van der Waals surface area contributed by atoms with Gasteiger partial charge in [-0.3, -0.25) is 14.4 Å². The molecule has 0 saturated carbocycles. The Bertz CT molecular complexity index is 1120. The third-order valence-electron chi connectivity index (χ3n) is 7.82. The lowest BCUT2D eigenvalue weighted by atomic mass is 9.82. The van der Waals surface area contributed by atoms with Gasteiger partial charge in [0, 0.05) is 19.3 Å². The van der Waals surface area contributed by atoms with E-state index in [2.05, 4.69) is 12.2 Å². The van der Waals surface area contributed by atoms with Crippen molar-refractivity contribution in [2.24, 2.45) is 11.7 Å². The molecule has 1 rings (SSSR count). The van der Waals surface area contributed by atoms with Crippen LogP contribution in [0.1, 0.15) is 116 Å². The summed E-state index contributed by atoms with van der Waals surface area (Å²) in [5.74, 6) is -6.28. The Labute approximate surface area is 273 Å². The summed E-state index contributed by atoms with van der Waals surface area (Å²) in [6.45, 7) is 4.75. The molecular weight excluding hydrogens is 592 g/mol. The van der Waals surface area contributed by atoms with Crippen LogP contribution in [-0.4, -0.2) is 63.1 Å². The standard InChI is InChI=1S/C35H54N2O9/c1-3-5-7-10-13-16-27(38)17-14-11-8-9-12-15-18-29(35(45,34(43)44)25-31(36)39)32(40)37-30(33(41)42)24-26-19-21-28(22-20-26)46-23-6-4-2/h15,18-22,29-30,45H,3-14,16-17,23-25H2,1-2H3,(H2,36,39)(H,37,40)(H,41,42)(H,43,44)/b18-15+/t29-,30+,35+/m1/s1. The number of ketones is 1. The van der Waals surface area contributed by atoms with Gasteiger partial charge in [0.15, 0.2) is 5.60 Å². The number of nitrogens with two attached hydrogens (primary N) is 1. The third-order valence-corrected chi connectivity index (χ3v) is 7.82. The Hall–Kier alpha value is -3.73. The van der Waals surface area contributed by atoms with Crippen molar-refractivity contribution in [3.63, 3.8) is 0 Å². The largest absolute Gasteiger partial charge is 0.494 e. The maximum atomic E-state index is 13.3. The van der Waals surface area contributed by atoms with E-state index < -0.39 is 47.7 Å². The highest BCUT2D eigenvalue weighted by atomic mass is 16.5. The average molecular weight is 647 g/mol. The Kier molecular flexibility index (Phi) is 19.9. The maximum absolute atomic E-state index is 13.3. The predicted molar refractivity (Wildman–Crippen MR) is 175 cm³/mol. The highest BCUT2D eigenvalue weighted by molar-refractivity contribution is 5.95. The summed E-state index contributed by atoms with van der Waals surface area (Å²) in [5, 5.41) is 32.9. The minimum atomic E-state index is -2.89. The van der Waals surface area contributed by atoms with Crippen LogP contribution < -0.4 is 15.8 Å². The Morgan fingerprint density at radius 3 is 2.00 bits per heavy atom. The molecule has 0 heterocycles. The van der Waals surface area contributed by atoms with E-state index in [0.717, 1.165) is 51.4 Å². The van der Waals surface area contributed by atoms with Crippen LogP contribution in [0.3, 0.4) is 0 Å². The van der Waals surface area contributed by atoms with Crippen molar-refractivity contribution in [1.29, 1.82) is 0 Å². The second-order valence-corrected chi connectivity index (χ2v) is 11.9. The molecule has 2 amide bonds. The first-order chi connectivity index (χ1) is 21.9. The van der Waals surface area contributed by atoms with E-state index in [1.165, 1.54) is 25.0 Å². The number of nitrogens with one attached hydrogen (secondary N) is 1. The Morgan fingerprint density at radius 2 is 1.46 bits per heavy atom. The number of ether oxygens (including phenoxy) is 1. The van der Waals surface area contributed by atoms with E-state index in [1.54, 1.807) is 24.3 Å². The second-order valence-electron chi connectivity index (χ2n) is 11.9. The number of Topliss-reactive ketones (excluding diaryl/α,β-unsaturated/α-hetero) is 1. The topological polar surface area (TPSA) is 193 Å². The number of aliphatic carboxylic acids is 2. The van der Waals surface area contributed by atoms with Crippen molar-refractivity contribution in [2.45, 2.75) is 128 Å². The molecule has 1 aromatic carbocycles. The van der Waals surface area contributed by atoms with Gasteiger partial charge in [-0.15, -0.1) is 0 Å². The van der Waals surface area contributed by atoms with Gasteiger partial charge < -0.3 is 31.1 Å². The molecule has 46 heavy (non-hydrogen) atoms. The van der Waals surface area contributed by atoms with Gasteiger partial charge in [-0.2, -0.15) is 0 Å². The van der Waals surface area contributed by atoms with E-state index in [9.17, 15) is 39.3 Å². The van der Waals surface area contributed by atoms with E-state index in [1.807, 2.05) is 6.92 Å². The van der Waals surface area contributed by atoms with Gasteiger partial charge in [0.1, 0.15) is 17.6 Å². The van der Waals surface area contributed by atoms with Crippen LogP contribution >= 0.6 is 0 Å².